The molecular weight excluding hydrogens is 304 g/mol. The van der Waals surface area contributed by atoms with Gasteiger partial charge in [-0.3, -0.25) is 4.79 Å². The van der Waals surface area contributed by atoms with Crippen LogP contribution in [0, 0.1) is 0 Å². The van der Waals surface area contributed by atoms with Crippen LogP contribution in [0.15, 0.2) is 12.1 Å². The molecule has 2 aromatic rings. The fourth-order valence-electron chi connectivity index (χ4n) is 1.77. The van der Waals surface area contributed by atoms with Crippen LogP contribution in [0.2, 0.25) is 0 Å². The van der Waals surface area contributed by atoms with E-state index < -0.39 is 11.6 Å². The van der Waals surface area contributed by atoms with Crippen molar-refractivity contribution in [2.45, 2.75) is 39.9 Å². The molecule has 0 spiro atoms. The highest BCUT2D eigenvalue weighted by Crippen LogP contribution is 2.33. The Morgan fingerprint density at radius 3 is 2.59 bits per heavy atom. The smallest absolute Gasteiger partial charge is 0.351 e. The third-order valence-corrected chi connectivity index (χ3v) is 3.75. The zero-order valence-corrected chi connectivity index (χ0v) is 13.7. The second-order valence-electron chi connectivity index (χ2n) is 5.78. The van der Waals surface area contributed by atoms with Crippen LogP contribution >= 0.6 is 11.3 Å². The van der Waals surface area contributed by atoms with Gasteiger partial charge in [-0.25, -0.2) is 9.78 Å². The highest BCUT2D eigenvalue weighted by Gasteiger charge is 2.23. The van der Waals surface area contributed by atoms with E-state index in [0.717, 1.165) is 0 Å². The summed E-state index contributed by atoms with van der Waals surface area (Å²) in [5, 5.41) is 0.692. The summed E-state index contributed by atoms with van der Waals surface area (Å²) in [5.41, 5.74) is 6.38. The molecule has 2 heterocycles. The Bertz CT molecular complexity index is 731. The lowest BCUT2D eigenvalue weighted by molar-refractivity contribution is -0.142. The molecule has 0 radical (unpaired) electrons. The molecule has 22 heavy (non-hydrogen) atoms. The third-order valence-electron chi connectivity index (χ3n) is 2.66. The molecule has 7 heteroatoms. The second-order valence-corrected chi connectivity index (χ2v) is 6.78. The van der Waals surface area contributed by atoms with Crippen LogP contribution in [0.4, 0.5) is 5.69 Å². The number of rotatable bonds is 3. The van der Waals surface area contributed by atoms with Crippen LogP contribution in [0.1, 0.15) is 43.1 Å². The molecule has 6 nitrogen and oxygen atoms in total. The molecule has 0 amide bonds. The first-order chi connectivity index (χ1) is 10.2. The van der Waals surface area contributed by atoms with Crippen LogP contribution in [-0.4, -0.2) is 22.5 Å². The van der Waals surface area contributed by atoms with Gasteiger partial charge in [0.1, 0.15) is 21.9 Å². The molecule has 118 valence electrons. The Hall–Kier alpha value is -2.15. The summed E-state index contributed by atoms with van der Waals surface area (Å²) in [6, 6.07) is 3.48. The van der Waals surface area contributed by atoms with Gasteiger partial charge in [0.25, 0.3) is 0 Å². The molecule has 0 atom stereocenters. The lowest BCUT2D eigenvalue weighted by Crippen LogP contribution is -2.23. The minimum atomic E-state index is -0.590. The standard InChI is InChI=1S/C15H18N2O4S/c1-8(18)20-7-9-5-6-10-11(16)12(22-13(10)17-9)14(19)21-15(2,3)4/h5-6H,7,16H2,1-4H3. The lowest BCUT2D eigenvalue weighted by Gasteiger charge is -2.18. The normalized spacial score (nSPS) is 11.5. The topological polar surface area (TPSA) is 91.5 Å². The van der Waals surface area contributed by atoms with Crippen LogP contribution in [0.25, 0.3) is 10.2 Å². The van der Waals surface area contributed by atoms with Crippen LogP contribution < -0.4 is 5.73 Å². The van der Waals surface area contributed by atoms with Crippen molar-refractivity contribution < 1.29 is 19.1 Å². The van der Waals surface area contributed by atoms with E-state index in [0.29, 0.717) is 26.5 Å². The summed E-state index contributed by atoms with van der Waals surface area (Å²) in [5.74, 6) is -0.837. The number of aromatic nitrogens is 1. The van der Waals surface area contributed by atoms with E-state index in [1.54, 1.807) is 32.9 Å². The Balaban J connectivity index is 2.32. The highest BCUT2D eigenvalue weighted by atomic mass is 32.1. The van der Waals surface area contributed by atoms with Crippen molar-refractivity contribution in [3.63, 3.8) is 0 Å². The molecule has 0 aliphatic rings. The number of pyridine rings is 1. The SMILES string of the molecule is CC(=O)OCc1ccc2c(N)c(C(=O)OC(C)(C)C)sc2n1. The molecular formula is C15H18N2O4S. The summed E-state index contributed by atoms with van der Waals surface area (Å²) in [6.45, 7) is 6.81. The van der Waals surface area contributed by atoms with Crippen LogP contribution in [-0.2, 0) is 20.9 Å². The van der Waals surface area contributed by atoms with Gasteiger partial charge in [-0.05, 0) is 32.9 Å². The van der Waals surface area contributed by atoms with E-state index in [1.165, 1.54) is 18.3 Å². The average Bonchev–Trinajstić information content (AvgIpc) is 2.71. The molecule has 0 bridgehead atoms. The number of nitrogens with two attached hydrogens (primary N) is 1. The van der Waals surface area contributed by atoms with Gasteiger partial charge in [0.15, 0.2) is 0 Å². The first-order valence-corrected chi connectivity index (χ1v) is 7.53. The van der Waals surface area contributed by atoms with E-state index in [-0.39, 0.29) is 12.6 Å². The summed E-state index contributed by atoms with van der Waals surface area (Å²) >= 11 is 1.17. The largest absolute Gasteiger partial charge is 0.459 e. The van der Waals surface area contributed by atoms with Gasteiger partial charge in [-0.1, -0.05) is 0 Å². The number of hydrogen-bond acceptors (Lipinski definition) is 7. The van der Waals surface area contributed by atoms with Crippen molar-refractivity contribution in [3.8, 4) is 0 Å². The maximum atomic E-state index is 12.2. The molecule has 0 unspecified atom stereocenters. The predicted octanol–water partition coefficient (Wildman–Crippen LogP) is 2.90. The van der Waals surface area contributed by atoms with Crippen molar-refractivity contribution in [2.75, 3.05) is 5.73 Å². The number of nitrogen functional groups attached to an aromatic ring is 1. The van der Waals surface area contributed by atoms with E-state index >= 15 is 0 Å². The number of hydrogen-bond donors (Lipinski definition) is 1. The van der Waals surface area contributed by atoms with Gasteiger partial charge in [0.2, 0.25) is 0 Å². The molecule has 0 aromatic carbocycles. The Morgan fingerprint density at radius 1 is 1.32 bits per heavy atom. The monoisotopic (exact) mass is 322 g/mol. The number of ether oxygens (including phenoxy) is 2. The first-order valence-electron chi connectivity index (χ1n) is 6.72. The number of nitrogens with zero attached hydrogens (tertiary/aromatic N) is 1. The van der Waals surface area contributed by atoms with Crippen molar-refractivity contribution in [1.29, 1.82) is 0 Å². The van der Waals surface area contributed by atoms with Gasteiger partial charge in [0.05, 0.1) is 11.4 Å². The van der Waals surface area contributed by atoms with E-state index in [2.05, 4.69) is 4.98 Å². The zero-order chi connectivity index (χ0) is 16.5. The zero-order valence-electron chi connectivity index (χ0n) is 12.9. The van der Waals surface area contributed by atoms with Crippen molar-refractivity contribution >= 4 is 39.2 Å². The Kier molecular flexibility index (Phi) is 4.37. The van der Waals surface area contributed by atoms with Crippen molar-refractivity contribution in [1.82, 2.24) is 4.98 Å². The summed E-state index contributed by atoms with van der Waals surface area (Å²) in [4.78, 5) is 28.3. The number of esters is 2. The maximum absolute atomic E-state index is 12.2. The van der Waals surface area contributed by atoms with Gasteiger partial charge < -0.3 is 15.2 Å². The van der Waals surface area contributed by atoms with Crippen molar-refractivity contribution in [3.05, 3.63) is 22.7 Å². The number of thiophene rings is 1. The predicted molar refractivity (Wildman–Crippen MR) is 84.7 cm³/mol. The third kappa shape index (κ3) is 3.73. The second kappa shape index (κ2) is 5.92. The molecule has 0 aliphatic heterocycles. The Labute approximate surface area is 132 Å². The van der Waals surface area contributed by atoms with Crippen LogP contribution in [0.5, 0.6) is 0 Å². The summed E-state index contributed by atoms with van der Waals surface area (Å²) in [6.07, 6.45) is 0. The molecule has 2 aromatic heterocycles. The highest BCUT2D eigenvalue weighted by molar-refractivity contribution is 7.21. The number of anilines is 1. The van der Waals surface area contributed by atoms with Crippen LogP contribution in [0.3, 0.4) is 0 Å². The fourth-order valence-corrected chi connectivity index (χ4v) is 2.76. The summed E-state index contributed by atoms with van der Waals surface area (Å²) < 4.78 is 10.2. The molecule has 0 aliphatic carbocycles. The summed E-state index contributed by atoms with van der Waals surface area (Å²) in [7, 11) is 0. The molecule has 2 N–H and O–H groups in total. The van der Waals surface area contributed by atoms with E-state index in [4.69, 9.17) is 15.2 Å². The quantitative estimate of drug-likeness (QED) is 0.874. The number of fused-ring (bicyclic) bond motifs is 1. The average molecular weight is 322 g/mol. The fraction of sp³-hybridized carbons (Fsp3) is 0.400. The lowest BCUT2D eigenvalue weighted by atomic mass is 10.2. The van der Waals surface area contributed by atoms with E-state index in [9.17, 15) is 9.59 Å². The number of carbonyl (C=O) groups excluding carboxylic acids is 2. The van der Waals surface area contributed by atoms with Gasteiger partial charge in [0, 0.05) is 12.3 Å². The molecule has 0 fully saturated rings. The number of carbonyl (C=O) groups is 2. The minimum Gasteiger partial charge on any atom is -0.459 e. The van der Waals surface area contributed by atoms with Gasteiger partial charge >= 0.3 is 11.9 Å². The van der Waals surface area contributed by atoms with Gasteiger partial charge in [-0.15, -0.1) is 11.3 Å². The first kappa shape index (κ1) is 16.2. The maximum Gasteiger partial charge on any atom is 0.351 e. The van der Waals surface area contributed by atoms with Crippen molar-refractivity contribution in [2.24, 2.45) is 0 Å². The minimum absolute atomic E-state index is 0.0881. The van der Waals surface area contributed by atoms with Gasteiger partial charge in [-0.2, -0.15) is 0 Å². The molecule has 2 rings (SSSR count). The van der Waals surface area contributed by atoms with E-state index in [1.807, 2.05) is 0 Å². The molecule has 0 saturated carbocycles. The Morgan fingerprint density at radius 2 is 2.00 bits per heavy atom. The molecule has 0 saturated heterocycles.